The Kier molecular flexibility index (Phi) is 6.36. The summed E-state index contributed by atoms with van der Waals surface area (Å²) in [6, 6.07) is 16.6. The van der Waals surface area contributed by atoms with Gasteiger partial charge in [0.15, 0.2) is 0 Å². The van der Waals surface area contributed by atoms with Crippen molar-refractivity contribution in [2.75, 3.05) is 23.7 Å². The lowest BCUT2D eigenvalue weighted by atomic mass is 10.2. The van der Waals surface area contributed by atoms with E-state index in [1.165, 1.54) is 0 Å². The number of para-hydroxylation sites is 1. The molecule has 0 fully saturated rings. The fourth-order valence-electron chi connectivity index (χ4n) is 2.28. The van der Waals surface area contributed by atoms with Gasteiger partial charge in [-0.1, -0.05) is 54.6 Å². The quantitative estimate of drug-likeness (QED) is 0.713. The van der Waals surface area contributed by atoms with Crippen molar-refractivity contribution in [3.05, 3.63) is 71.8 Å². The van der Waals surface area contributed by atoms with Crippen LogP contribution in [0.25, 0.3) is 6.08 Å². The Morgan fingerprint density at radius 2 is 1.72 bits per heavy atom. The molecular formula is C19H21NO4S. The largest absolute Gasteiger partial charge is 0.460 e. The molecule has 25 heavy (non-hydrogen) atoms. The number of carbonyl (C=O) groups excluding carboxylic acids is 1. The number of benzene rings is 2. The third-order valence-electron chi connectivity index (χ3n) is 3.51. The molecule has 6 heteroatoms. The molecule has 0 aliphatic rings. The normalized spacial score (nSPS) is 11.4. The van der Waals surface area contributed by atoms with Gasteiger partial charge < -0.3 is 4.74 Å². The topological polar surface area (TPSA) is 63.7 Å². The lowest BCUT2D eigenvalue weighted by molar-refractivity contribution is -0.140. The highest BCUT2D eigenvalue weighted by Crippen LogP contribution is 2.21. The Balaban J connectivity index is 1.99. The number of anilines is 1. The monoisotopic (exact) mass is 359 g/mol. The van der Waals surface area contributed by atoms with E-state index < -0.39 is 16.0 Å². The van der Waals surface area contributed by atoms with Gasteiger partial charge >= 0.3 is 5.97 Å². The number of nitrogens with zero attached hydrogens (tertiary/aromatic N) is 1. The third kappa shape index (κ3) is 5.76. The molecule has 0 N–H and O–H groups in total. The molecule has 0 aromatic heterocycles. The number of aryl methyl sites for hydroxylation is 1. The van der Waals surface area contributed by atoms with Crippen LogP contribution in [0.2, 0.25) is 0 Å². The Morgan fingerprint density at radius 1 is 1.08 bits per heavy atom. The van der Waals surface area contributed by atoms with Crippen LogP contribution in [-0.4, -0.2) is 33.8 Å². The summed E-state index contributed by atoms with van der Waals surface area (Å²) >= 11 is 0. The van der Waals surface area contributed by atoms with E-state index in [0.717, 1.165) is 21.7 Å². The summed E-state index contributed by atoms with van der Waals surface area (Å²) in [4.78, 5) is 12.0. The first-order chi connectivity index (χ1) is 11.9. The summed E-state index contributed by atoms with van der Waals surface area (Å²) in [6.45, 7) is 1.52. The van der Waals surface area contributed by atoms with Crippen LogP contribution in [0, 0.1) is 6.92 Å². The summed E-state index contributed by atoms with van der Waals surface area (Å²) in [5.41, 5.74) is 2.24. The fourth-order valence-corrected chi connectivity index (χ4v) is 3.18. The van der Waals surface area contributed by atoms with Crippen molar-refractivity contribution in [2.24, 2.45) is 0 Å². The molecule has 0 aliphatic heterocycles. The van der Waals surface area contributed by atoms with Crippen molar-refractivity contribution >= 4 is 27.8 Å². The van der Waals surface area contributed by atoms with Crippen LogP contribution >= 0.6 is 0 Å². The van der Waals surface area contributed by atoms with Gasteiger partial charge in [0.1, 0.15) is 13.2 Å². The maximum absolute atomic E-state index is 12.0. The highest BCUT2D eigenvalue weighted by Gasteiger charge is 2.22. The van der Waals surface area contributed by atoms with Crippen molar-refractivity contribution in [2.45, 2.75) is 6.92 Å². The number of rotatable bonds is 7. The number of hydrogen-bond donors (Lipinski definition) is 0. The highest BCUT2D eigenvalue weighted by molar-refractivity contribution is 7.92. The van der Waals surface area contributed by atoms with Crippen LogP contribution in [-0.2, 0) is 19.6 Å². The third-order valence-corrected chi connectivity index (χ3v) is 4.63. The van der Waals surface area contributed by atoms with Crippen molar-refractivity contribution in [1.29, 1.82) is 0 Å². The van der Waals surface area contributed by atoms with Crippen LogP contribution in [0.4, 0.5) is 5.69 Å². The van der Waals surface area contributed by atoms with E-state index in [9.17, 15) is 13.2 Å². The van der Waals surface area contributed by atoms with E-state index >= 15 is 0 Å². The number of sulfonamides is 1. The first-order valence-electron chi connectivity index (χ1n) is 7.78. The minimum Gasteiger partial charge on any atom is -0.460 e. The zero-order chi connectivity index (χ0) is 18.3. The van der Waals surface area contributed by atoms with Crippen molar-refractivity contribution < 1.29 is 17.9 Å². The van der Waals surface area contributed by atoms with Gasteiger partial charge in [0, 0.05) is 0 Å². The zero-order valence-corrected chi connectivity index (χ0v) is 15.1. The minimum atomic E-state index is -3.59. The van der Waals surface area contributed by atoms with E-state index in [0.29, 0.717) is 5.69 Å². The number of hydrogen-bond acceptors (Lipinski definition) is 4. The van der Waals surface area contributed by atoms with Crippen LogP contribution in [0.3, 0.4) is 0 Å². The molecule has 0 atom stereocenters. The molecule has 5 nitrogen and oxygen atoms in total. The lowest BCUT2D eigenvalue weighted by Crippen LogP contribution is -2.36. The van der Waals surface area contributed by atoms with Crippen molar-refractivity contribution in [3.8, 4) is 0 Å². The minimum absolute atomic E-state index is 0.0824. The van der Waals surface area contributed by atoms with Crippen LogP contribution in [0.5, 0.6) is 0 Å². The summed E-state index contributed by atoms with van der Waals surface area (Å²) < 4.78 is 30.3. The average Bonchev–Trinajstić information content (AvgIpc) is 2.57. The standard InChI is InChI=1S/C19H21NO4S/c1-16-9-6-7-13-18(16)20(25(2,22)23)15-19(21)24-14-8-12-17-10-4-3-5-11-17/h3-13H,14-15H2,1-2H3/b12-8+. The highest BCUT2D eigenvalue weighted by atomic mass is 32.2. The number of carbonyl (C=O) groups is 1. The zero-order valence-electron chi connectivity index (χ0n) is 14.3. The summed E-state index contributed by atoms with van der Waals surface area (Å²) in [5, 5.41) is 0. The van der Waals surface area contributed by atoms with Gasteiger partial charge in [-0.25, -0.2) is 8.42 Å². The number of esters is 1. The average molecular weight is 359 g/mol. The molecule has 0 saturated carbocycles. The van der Waals surface area contributed by atoms with E-state index in [2.05, 4.69) is 0 Å². The maximum atomic E-state index is 12.0. The van der Waals surface area contributed by atoms with E-state index in [4.69, 9.17) is 4.74 Å². The predicted octanol–water partition coefficient (Wildman–Crippen LogP) is 3.02. The lowest BCUT2D eigenvalue weighted by Gasteiger charge is -2.22. The summed E-state index contributed by atoms with van der Waals surface area (Å²) in [7, 11) is -3.59. The first kappa shape index (κ1) is 18.7. The van der Waals surface area contributed by atoms with Gasteiger partial charge in [0.2, 0.25) is 10.0 Å². The molecule has 0 heterocycles. The SMILES string of the molecule is Cc1ccccc1N(CC(=O)OC/C=C/c1ccccc1)S(C)(=O)=O. The maximum Gasteiger partial charge on any atom is 0.327 e. The van der Waals surface area contributed by atoms with Gasteiger partial charge in [-0.15, -0.1) is 0 Å². The molecule has 0 spiro atoms. The van der Waals surface area contributed by atoms with E-state index in [-0.39, 0.29) is 13.2 Å². The van der Waals surface area contributed by atoms with E-state index in [1.54, 1.807) is 31.2 Å². The predicted molar refractivity (Wildman–Crippen MR) is 99.8 cm³/mol. The molecule has 2 aromatic rings. The Labute approximate surface area is 148 Å². The molecule has 0 amide bonds. The molecule has 0 radical (unpaired) electrons. The second-order valence-corrected chi connectivity index (χ2v) is 7.46. The van der Waals surface area contributed by atoms with Crippen LogP contribution in [0.1, 0.15) is 11.1 Å². The smallest absolute Gasteiger partial charge is 0.327 e. The molecule has 132 valence electrons. The molecule has 0 unspecified atom stereocenters. The van der Waals surface area contributed by atoms with Gasteiger partial charge in [-0.3, -0.25) is 9.10 Å². The molecular weight excluding hydrogens is 338 g/mol. The summed E-state index contributed by atoms with van der Waals surface area (Å²) in [5.74, 6) is -0.605. The molecule has 2 aromatic carbocycles. The Hall–Kier alpha value is -2.60. The van der Waals surface area contributed by atoms with Crippen molar-refractivity contribution in [1.82, 2.24) is 0 Å². The van der Waals surface area contributed by atoms with E-state index in [1.807, 2.05) is 42.5 Å². The van der Waals surface area contributed by atoms with Crippen LogP contribution < -0.4 is 4.31 Å². The Bertz CT molecular complexity index is 845. The first-order valence-corrected chi connectivity index (χ1v) is 9.63. The second kappa shape index (κ2) is 8.48. The molecule has 0 saturated heterocycles. The van der Waals surface area contributed by atoms with Gasteiger partial charge in [0.25, 0.3) is 0 Å². The van der Waals surface area contributed by atoms with Gasteiger partial charge in [-0.2, -0.15) is 0 Å². The van der Waals surface area contributed by atoms with Crippen molar-refractivity contribution in [3.63, 3.8) is 0 Å². The molecule has 0 aliphatic carbocycles. The van der Waals surface area contributed by atoms with Gasteiger partial charge in [0.05, 0.1) is 11.9 Å². The fraction of sp³-hybridized carbons (Fsp3) is 0.211. The van der Waals surface area contributed by atoms with Gasteiger partial charge in [-0.05, 0) is 30.2 Å². The summed E-state index contributed by atoms with van der Waals surface area (Å²) in [6.07, 6.45) is 4.62. The molecule has 0 bridgehead atoms. The van der Waals surface area contributed by atoms with Crippen LogP contribution in [0.15, 0.2) is 60.7 Å². The Morgan fingerprint density at radius 3 is 2.36 bits per heavy atom. The number of ether oxygens (including phenoxy) is 1. The molecule has 2 rings (SSSR count). The second-order valence-electron chi connectivity index (χ2n) is 5.55.